The number of hydrogen-bond donors (Lipinski definition) is 2. The smallest absolute Gasteiger partial charge is 0.242 e. The summed E-state index contributed by atoms with van der Waals surface area (Å²) in [6.07, 6.45) is 1.82. The summed E-state index contributed by atoms with van der Waals surface area (Å²) in [6.45, 7) is 0.883. The SMILES string of the molecule is CNC(=O)C1CCCN1C(=O)CCOc1ccccc1N. The van der Waals surface area contributed by atoms with Crippen molar-refractivity contribution in [1.29, 1.82) is 0 Å². The molecule has 1 fully saturated rings. The summed E-state index contributed by atoms with van der Waals surface area (Å²) in [4.78, 5) is 25.5. The molecule has 1 aromatic carbocycles. The van der Waals surface area contributed by atoms with E-state index in [1.165, 1.54) is 0 Å². The normalized spacial score (nSPS) is 17.6. The summed E-state index contributed by atoms with van der Waals surface area (Å²) in [6, 6.07) is 6.83. The highest BCUT2D eigenvalue weighted by atomic mass is 16.5. The van der Waals surface area contributed by atoms with Crippen molar-refractivity contribution >= 4 is 17.5 Å². The number of carbonyl (C=O) groups excluding carboxylic acids is 2. The minimum Gasteiger partial charge on any atom is -0.491 e. The number of nitrogen functional groups attached to an aromatic ring is 1. The van der Waals surface area contributed by atoms with Gasteiger partial charge in [0, 0.05) is 13.6 Å². The number of likely N-dealkylation sites (N-methyl/N-ethyl adjacent to an activating group) is 1. The van der Waals surface area contributed by atoms with Crippen molar-refractivity contribution in [3.05, 3.63) is 24.3 Å². The fourth-order valence-electron chi connectivity index (χ4n) is 2.51. The molecule has 0 radical (unpaired) electrons. The molecule has 0 saturated carbocycles. The van der Waals surface area contributed by atoms with Crippen molar-refractivity contribution in [2.45, 2.75) is 25.3 Å². The van der Waals surface area contributed by atoms with E-state index in [1.54, 1.807) is 24.1 Å². The highest BCUT2D eigenvalue weighted by Gasteiger charge is 2.33. The Kier molecular flexibility index (Phi) is 5.03. The zero-order valence-electron chi connectivity index (χ0n) is 12.2. The molecule has 21 heavy (non-hydrogen) atoms. The Morgan fingerprint density at radius 2 is 2.19 bits per heavy atom. The number of nitrogens with one attached hydrogen (secondary N) is 1. The Bertz CT molecular complexity index is 519. The number of benzene rings is 1. The van der Waals surface area contributed by atoms with E-state index < -0.39 is 0 Å². The number of ether oxygens (including phenoxy) is 1. The molecule has 2 rings (SSSR count). The summed E-state index contributed by atoms with van der Waals surface area (Å²) in [5.74, 6) is 0.416. The highest BCUT2D eigenvalue weighted by molar-refractivity contribution is 5.88. The van der Waals surface area contributed by atoms with Gasteiger partial charge in [-0.05, 0) is 25.0 Å². The standard InChI is InChI=1S/C15H21N3O3/c1-17-15(20)12-6-4-9-18(12)14(19)8-10-21-13-7-3-2-5-11(13)16/h2-3,5,7,12H,4,6,8-10,16H2,1H3,(H,17,20). The van der Waals surface area contributed by atoms with Gasteiger partial charge < -0.3 is 20.7 Å². The number of nitrogens with two attached hydrogens (primary N) is 1. The second-order valence-corrected chi connectivity index (χ2v) is 5.00. The van der Waals surface area contributed by atoms with Crippen LogP contribution in [-0.2, 0) is 9.59 Å². The van der Waals surface area contributed by atoms with E-state index in [-0.39, 0.29) is 30.9 Å². The topological polar surface area (TPSA) is 84.7 Å². The van der Waals surface area contributed by atoms with Crippen LogP contribution in [0, 0.1) is 0 Å². The number of para-hydroxylation sites is 2. The Morgan fingerprint density at radius 3 is 2.90 bits per heavy atom. The molecule has 1 unspecified atom stereocenters. The van der Waals surface area contributed by atoms with Crippen molar-refractivity contribution in [2.75, 3.05) is 25.9 Å². The molecule has 1 heterocycles. The number of anilines is 1. The van der Waals surface area contributed by atoms with E-state index in [9.17, 15) is 9.59 Å². The summed E-state index contributed by atoms with van der Waals surface area (Å²) < 4.78 is 5.52. The van der Waals surface area contributed by atoms with Crippen LogP contribution < -0.4 is 15.8 Å². The largest absolute Gasteiger partial charge is 0.491 e. The lowest BCUT2D eigenvalue weighted by atomic mass is 10.2. The molecule has 6 nitrogen and oxygen atoms in total. The van der Waals surface area contributed by atoms with Crippen molar-refractivity contribution in [3.8, 4) is 5.75 Å². The maximum Gasteiger partial charge on any atom is 0.242 e. The monoisotopic (exact) mass is 291 g/mol. The van der Waals surface area contributed by atoms with E-state index >= 15 is 0 Å². The van der Waals surface area contributed by atoms with E-state index in [0.29, 0.717) is 18.0 Å². The van der Waals surface area contributed by atoms with Crippen LogP contribution in [0.2, 0.25) is 0 Å². The molecule has 0 aliphatic carbocycles. The molecule has 0 aromatic heterocycles. The predicted molar refractivity (Wildman–Crippen MR) is 79.8 cm³/mol. The van der Waals surface area contributed by atoms with Crippen LogP contribution in [0.15, 0.2) is 24.3 Å². The summed E-state index contributed by atoms with van der Waals surface area (Å²) >= 11 is 0. The molecule has 1 saturated heterocycles. The Balaban J connectivity index is 1.84. The fourth-order valence-corrected chi connectivity index (χ4v) is 2.51. The number of amides is 2. The fraction of sp³-hybridized carbons (Fsp3) is 0.467. The lowest BCUT2D eigenvalue weighted by Gasteiger charge is -2.23. The second kappa shape index (κ2) is 6.97. The number of carbonyl (C=O) groups is 2. The lowest BCUT2D eigenvalue weighted by molar-refractivity contribution is -0.138. The quantitative estimate of drug-likeness (QED) is 0.785. The van der Waals surface area contributed by atoms with E-state index in [0.717, 1.165) is 12.8 Å². The Labute approximate surface area is 124 Å². The number of hydrogen-bond acceptors (Lipinski definition) is 4. The minimum absolute atomic E-state index is 0.0596. The van der Waals surface area contributed by atoms with E-state index in [2.05, 4.69) is 5.32 Å². The van der Waals surface area contributed by atoms with Crippen LogP contribution in [0.1, 0.15) is 19.3 Å². The first-order chi connectivity index (χ1) is 10.1. The van der Waals surface area contributed by atoms with Crippen LogP contribution in [0.3, 0.4) is 0 Å². The first-order valence-electron chi connectivity index (χ1n) is 7.12. The third-order valence-corrected chi connectivity index (χ3v) is 3.61. The maximum atomic E-state index is 12.2. The summed E-state index contributed by atoms with van der Waals surface area (Å²) in [5, 5.41) is 2.60. The van der Waals surface area contributed by atoms with E-state index in [1.807, 2.05) is 12.1 Å². The third kappa shape index (κ3) is 3.65. The summed E-state index contributed by atoms with van der Waals surface area (Å²) in [5.41, 5.74) is 6.32. The van der Waals surface area contributed by atoms with Gasteiger partial charge in [-0.15, -0.1) is 0 Å². The molecule has 1 aromatic rings. The molecule has 1 aliphatic heterocycles. The molecule has 1 atom stereocenters. The zero-order valence-corrected chi connectivity index (χ0v) is 12.2. The zero-order chi connectivity index (χ0) is 15.2. The molecular weight excluding hydrogens is 270 g/mol. The third-order valence-electron chi connectivity index (χ3n) is 3.61. The first kappa shape index (κ1) is 15.2. The van der Waals surface area contributed by atoms with Gasteiger partial charge in [-0.25, -0.2) is 0 Å². The maximum absolute atomic E-state index is 12.2. The van der Waals surface area contributed by atoms with Gasteiger partial charge in [0.1, 0.15) is 11.8 Å². The molecule has 2 amide bonds. The summed E-state index contributed by atoms with van der Waals surface area (Å²) in [7, 11) is 1.59. The Hall–Kier alpha value is -2.24. The second-order valence-electron chi connectivity index (χ2n) is 5.00. The molecular formula is C15H21N3O3. The van der Waals surface area contributed by atoms with Gasteiger partial charge in [0.15, 0.2) is 0 Å². The van der Waals surface area contributed by atoms with E-state index in [4.69, 9.17) is 10.5 Å². The minimum atomic E-state index is -0.343. The lowest BCUT2D eigenvalue weighted by Crippen LogP contribution is -2.45. The average Bonchev–Trinajstić information content (AvgIpc) is 2.98. The van der Waals surface area contributed by atoms with Crippen LogP contribution in [0.25, 0.3) is 0 Å². The molecule has 1 aliphatic rings. The van der Waals surface area contributed by atoms with Gasteiger partial charge in [-0.1, -0.05) is 12.1 Å². The van der Waals surface area contributed by atoms with Crippen LogP contribution >= 0.6 is 0 Å². The van der Waals surface area contributed by atoms with Crippen LogP contribution in [0.5, 0.6) is 5.75 Å². The Morgan fingerprint density at radius 1 is 1.43 bits per heavy atom. The van der Waals surface area contributed by atoms with Gasteiger partial charge in [0.05, 0.1) is 18.7 Å². The average molecular weight is 291 g/mol. The highest BCUT2D eigenvalue weighted by Crippen LogP contribution is 2.21. The number of nitrogens with zero attached hydrogens (tertiary/aromatic N) is 1. The van der Waals surface area contributed by atoms with Gasteiger partial charge in [-0.2, -0.15) is 0 Å². The molecule has 114 valence electrons. The van der Waals surface area contributed by atoms with Gasteiger partial charge in [0.2, 0.25) is 11.8 Å². The van der Waals surface area contributed by atoms with Crippen LogP contribution in [-0.4, -0.2) is 43.0 Å². The van der Waals surface area contributed by atoms with Gasteiger partial charge in [0.25, 0.3) is 0 Å². The van der Waals surface area contributed by atoms with Crippen molar-refractivity contribution in [2.24, 2.45) is 0 Å². The molecule has 0 bridgehead atoms. The van der Waals surface area contributed by atoms with Gasteiger partial charge in [-0.3, -0.25) is 9.59 Å². The number of rotatable bonds is 5. The van der Waals surface area contributed by atoms with Crippen molar-refractivity contribution in [1.82, 2.24) is 10.2 Å². The van der Waals surface area contributed by atoms with Crippen molar-refractivity contribution in [3.63, 3.8) is 0 Å². The predicted octanol–water partition coefficient (Wildman–Crippen LogP) is 0.775. The number of likely N-dealkylation sites (tertiary alicyclic amines) is 1. The van der Waals surface area contributed by atoms with Crippen molar-refractivity contribution < 1.29 is 14.3 Å². The molecule has 3 N–H and O–H groups in total. The first-order valence-corrected chi connectivity index (χ1v) is 7.12. The molecule has 6 heteroatoms. The molecule has 0 spiro atoms. The van der Waals surface area contributed by atoms with Crippen LogP contribution in [0.4, 0.5) is 5.69 Å². The van der Waals surface area contributed by atoms with Gasteiger partial charge >= 0.3 is 0 Å².